The molecule has 15 heavy (non-hydrogen) atoms. The van der Waals surface area contributed by atoms with Gasteiger partial charge in [0.15, 0.2) is 5.78 Å². The summed E-state index contributed by atoms with van der Waals surface area (Å²) in [4.78, 5) is 11.6. The van der Waals surface area contributed by atoms with Gasteiger partial charge >= 0.3 is 0 Å². The zero-order chi connectivity index (χ0) is 10.8. The number of carbonyl (C=O) groups excluding carboxylic acids is 1. The van der Waals surface area contributed by atoms with Crippen molar-refractivity contribution in [2.45, 2.75) is 26.7 Å². The van der Waals surface area contributed by atoms with E-state index in [0.717, 1.165) is 29.6 Å². The Bertz CT molecular complexity index is 496. The van der Waals surface area contributed by atoms with Crippen molar-refractivity contribution >= 4 is 11.3 Å². The maximum atomic E-state index is 11.6. The number of nitrogens with zero attached hydrogens (tertiary/aromatic N) is 1. The number of hydrogen-bond donors (Lipinski definition) is 0. The Kier molecular flexibility index (Phi) is 2.58. The second-order valence-electron chi connectivity index (χ2n) is 3.82. The van der Waals surface area contributed by atoms with Gasteiger partial charge in [-0.1, -0.05) is 19.4 Å². The van der Waals surface area contributed by atoms with Crippen LogP contribution >= 0.6 is 0 Å². The first kappa shape index (κ1) is 9.97. The third kappa shape index (κ3) is 1.67. The number of rotatable bonds is 3. The van der Waals surface area contributed by atoms with Crippen molar-refractivity contribution in [3.05, 3.63) is 41.7 Å². The van der Waals surface area contributed by atoms with E-state index in [0.29, 0.717) is 0 Å². The summed E-state index contributed by atoms with van der Waals surface area (Å²) in [5.74, 6) is 0.143. The second-order valence-corrected chi connectivity index (χ2v) is 3.82. The molecule has 0 spiro atoms. The Morgan fingerprint density at radius 2 is 2.20 bits per heavy atom. The van der Waals surface area contributed by atoms with Crippen molar-refractivity contribution in [2.24, 2.45) is 0 Å². The van der Waals surface area contributed by atoms with E-state index >= 15 is 0 Å². The summed E-state index contributed by atoms with van der Waals surface area (Å²) in [6.45, 7) is 3.76. The number of aryl methyl sites for hydroxylation is 1. The largest absolute Gasteiger partial charge is 0.314 e. The molecule has 2 heterocycles. The van der Waals surface area contributed by atoms with Gasteiger partial charge in [-0.05, 0) is 30.2 Å². The minimum Gasteiger partial charge on any atom is -0.314 e. The van der Waals surface area contributed by atoms with Crippen molar-refractivity contribution in [1.29, 1.82) is 0 Å². The number of Topliss-reactive ketones (excluding diaryl/α,β-unsaturated/α-hetero) is 1. The summed E-state index contributed by atoms with van der Waals surface area (Å²) in [5.41, 5.74) is 3.11. The van der Waals surface area contributed by atoms with E-state index in [-0.39, 0.29) is 5.78 Å². The molecule has 2 aromatic rings. The summed E-state index contributed by atoms with van der Waals surface area (Å²) < 4.78 is 1.98. The molecule has 2 heteroatoms. The lowest BCUT2D eigenvalue weighted by atomic mass is 10.1. The number of pyridine rings is 1. The molecule has 0 aromatic carbocycles. The molecule has 0 radical (unpaired) electrons. The fourth-order valence-corrected chi connectivity index (χ4v) is 2.03. The summed E-state index contributed by atoms with van der Waals surface area (Å²) >= 11 is 0. The molecule has 0 fully saturated rings. The molecule has 0 unspecified atom stereocenters. The van der Waals surface area contributed by atoms with Crippen LogP contribution in [0.15, 0.2) is 30.5 Å². The highest BCUT2D eigenvalue weighted by atomic mass is 16.1. The minimum atomic E-state index is 0.143. The number of carbonyl (C=O) groups is 1. The van der Waals surface area contributed by atoms with Crippen LogP contribution in [0.2, 0.25) is 0 Å². The van der Waals surface area contributed by atoms with Crippen LogP contribution in [0.5, 0.6) is 0 Å². The van der Waals surface area contributed by atoms with E-state index in [1.807, 2.05) is 28.8 Å². The van der Waals surface area contributed by atoms with Crippen molar-refractivity contribution in [3.8, 4) is 0 Å². The number of hydrogen-bond acceptors (Lipinski definition) is 1. The Balaban J connectivity index is 2.69. The summed E-state index contributed by atoms with van der Waals surface area (Å²) in [7, 11) is 0. The monoisotopic (exact) mass is 201 g/mol. The molecule has 2 nitrogen and oxygen atoms in total. The summed E-state index contributed by atoms with van der Waals surface area (Å²) in [5, 5.41) is 0. The Labute approximate surface area is 89.5 Å². The smallest absolute Gasteiger partial charge is 0.176 e. The van der Waals surface area contributed by atoms with E-state index in [9.17, 15) is 4.79 Å². The van der Waals surface area contributed by atoms with Crippen molar-refractivity contribution in [2.75, 3.05) is 0 Å². The topological polar surface area (TPSA) is 21.5 Å². The molecule has 0 aliphatic rings. The predicted molar refractivity (Wildman–Crippen MR) is 61.4 cm³/mol. The van der Waals surface area contributed by atoms with Crippen LogP contribution in [0.3, 0.4) is 0 Å². The predicted octanol–water partition coefficient (Wildman–Crippen LogP) is 3.09. The molecule has 2 rings (SSSR count). The van der Waals surface area contributed by atoms with Crippen LogP contribution < -0.4 is 0 Å². The maximum Gasteiger partial charge on any atom is 0.176 e. The van der Waals surface area contributed by atoms with Crippen LogP contribution in [0.4, 0.5) is 0 Å². The third-order valence-electron chi connectivity index (χ3n) is 2.61. The lowest BCUT2D eigenvalue weighted by Gasteiger charge is -2.01. The van der Waals surface area contributed by atoms with Gasteiger partial charge in [-0.25, -0.2) is 0 Å². The first-order valence-corrected chi connectivity index (χ1v) is 5.34. The van der Waals surface area contributed by atoms with E-state index in [4.69, 9.17) is 0 Å². The van der Waals surface area contributed by atoms with Crippen LogP contribution in [0, 0.1) is 0 Å². The second kappa shape index (κ2) is 3.89. The maximum absolute atomic E-state index is 11.6. The number of aromatic nitrogens is 1. The first-order valence-electron chi connectivity index (χ1n) is 5.34. The summed E-state index contributed by atoms with van der Waals surface area (Å²) in [6, 6.07) is 8.09. The van der Waals surface area contributed by atoms with Gasteiger partial charge in [0.25, 0.3) is 0 Å². The molecule has 0 saturated heterocycles. The summed E-state index contributed by atoms with van der Waals surface area (Å²) in [6.07, 6.45) is 3.99. The zero-order valence-corrected chi connectivity index (χ0v) is 9.16. The van der Waals surface area contributed by atoms with Gasteiger partial charge in [-0.3, -0.25) is 4.79 Å². The van der Waals surface area contributed by atoms with Crippen LogP contribution in [0.25, 0.3) is 5.52 Å². The molecule has 0 aliphatic carbocycles. The standard InChI is InChI=1S/C13H15NO/c1-3-6-11-9-12-7-4-5-8-14(12)13(11)10(2)15/h4-5,7-9H,3,6H2,1-2H3. The molecule has 0 aliphatic heterocycles. The Morgan fingerprint density at radius 3 is 2.87 bits per heavy atom. The van der Waals surface area contributed by atoms with Gasteiger partial charge in [0.05, 0.1) is 5.69 Å². The molecular weight excluding hydrogens is 186 g/mol. The molecular formula is C13H15NO. The molecule has 78 valence electrons. The highest BCUT2D eigenvalue weighted by molar-refractivity contribution is 5.95. The molecule has 2 aromatic heterocycles. The van der Waals surface area contributed by atoms with Gasteiger partial charge in [0.1, 0.15) is 0 Å². The fraction of sp³-hybridized carbons (Fsp3) is 0.308. The molecule has 0 bridgehead atoms. The zero-order valence-electron chi connectivity index (χ0n) is 9.16. The average Bonchev–Trinajstić information content (AvgIpc) is 2.56. The van der Waals surface area contributed by atoms with Crippen LogP contribution in [0.1, 0.15) is 36.3 Å². The molecule has 0 atom stereocenters. The molecule has 0 amide bonds. The van der Waals surface area contributed by atoms with Gasteiger partial charge in [0, 0.05) is 18.6 Å². The molecule has 0 N–H and O–H groups in total. The van der Waals surface area contributed by atoms with Gasteiger partial charge in [-0.15, -0.1) is 0 Å². The van der Waals surface area contributed by atoms with Crippen LogP contribution in [-0.4, -0.2) is 10.2 Å². The van der Waals surface area contributed by atoms with Gasteiger partial charge in [-0.2, -0.15) is 0 Å². The lowest BCUT2D eigenvalue weighted by molar-refractivity contribution is 0.101. The van der Waals surface area contributed by atoms with Crippen molar-refractivity contribution in [1.82, 2.24) is 4.40 Å². The van der Waals surface area contributed by atoms with Gasteiger partial charge in [0.2, 0.25) is 0 Å². The van der Waals surface area contributed by atoms with Gasteiger partial charge < -0.3 is 4.40 Å². The lowest BCUT2D eigenvalue weighted by Crippen LogP contribution is -2.01. The van der Waals surface area contributed by atoms with E-state index in [1.54, 1.807) is 6.92 Å². The van der Waals surface area contributed by atoms with E-state index in [2.05, 4.69) is 13.0 Å². The first-order chi connectivity index (χ1) is 7.24. The SMILES string of the molecule is CCCc1cc2ccccn2c1C(C)=O. The number of fused-ring (bicyclic) bond motifs is 1. The fourth-order valence-electron chi connectivity index (χ4n) is 2.03. The van der Waals surface area contributed by atoms with Crippen LogP contribution in [-0.2, 0) is 6.42 Å². The van der Waals surface area contributed by atoms with E-state index in [1.165, 1.54) is 0 Å². The van der Waals surface area contributed by atoms with E-state index < -0.39 is 0 Å². The average molecular weight is 201 g/mol. The number of ketones is 1. The minimum absolute atomic E-state index is 0.143. The van der Waals surface area contributed by atoms with Crippen molar-refractivity contribution in [3.63, 3.8) is 0 Å². The quantitative estimate of drug-likeness (QED) is 0.699. The normalized spacial score (nSPS) is 10.8. The van der Waals surface area contributed by atoms with Crippen molar-refractivity contribution < 1.29 is 4.79 Å². The Hall–Kier alpha value is -1.57. The highest BCUT2D eigenvalue weighted by Crippen LogP contribution is 2.18. The third-order valence-corrected chi connectivity index (χ3v) is 2.61. The Morgan fingerprint density at radius 1 is 1.40 bits per heavy atom. The molecule has 0 saturated carbocycles. The highest BCUT2D eigenvalue weighted by Gasteiger charge is 2.12.